The molecule has 0 unspecified atom stereocenters. The Morgan fingerprint density at radius 1 is 1.30 bits per heavy atom. The lowest BCUT2D eigenvalue weighted by Gasteiger charge is -2.21. The van der Waals surface area contributed by atoms with E-state index in [0.29, 0.717) is 0 Å². The highest BCUT2D eigenvalue weighted by molar-refractivity contribution is 7.99. The minimum Gasteiger partial charge on any atom is -0.337 e. The normalized spacial score (nSPS) is 17.0. The van der Waals surface area contributed by atoms with Gasteiger partial charge in [-0.25, -0.2) is 4.98 Å². The van der Waals surface area contributed by atoms with Crippen LogP contribution in [0.2, 0.25) is 0 Å². The number of hydrogen-bond acceptors (Lipinski definition) is 4. The Morgan fingerprint density at radius 3 is 2.90 bits per heavy atom. The predicted octanol–water partition coefficient (Wildman–Crippen LogP) is 2.36. The molecular weight excluding hydrogens is 270 g/mol. The molecule has 1 fully saturated rings. The van der Waals surface area contributed by atoms with Crippen LogP contribution in [0.25, 0.3) is 0 Å². The number of carbonyl (C=O) groups is 1. The van der Waals surface area contributed by atoms with E-state index in [1.54, 1.807) is 18.0 Å². The van der Waals surface area contributed by atoms with Crippen molar-refractivity contribution in [1.82, 2.24) is 14.8 Å². The minimum absolute atomic E-state index is 0.142. The van der Waals surface area contributed by atoms with Gasteiger partial charge in [0.1, 0.15) is 0 Å². The van der Waals surface area contributed by atoms with Crippen molar-refractivity contribution in [3.63, 3.8) is 0 Å². The van der Waals surface area contributed by atoms with Crippen LogP contribution >= 0.6 is 11.8 Å². The summed E-state index contributed by atoms with van der Waals surface area (Å²) in [6.45, 7) is 9.08. The third-order valence-corrected chi connectivity index (χ3v) is 4.40. The van der Waals surface area contributed by atoms with Crippen LogP contribution < -0.4 is 0 Å². The Labute approximate surface area is 125 Å². The molecule has 20 heavy (non-hydrogen) atoms. The SMILES string of the molecule is CCSc1cc(C(=O)N2CCCN(CC)CC2)ccn1. The zero-order chi connectivity index (χ0) is 14.4. The van der Waals surface area contributed by atoms with Crippen LogP contribution in [0.1, 0.15) is 30.6 Å². The Balaban J connectivity index is 2.04. The summed E-state index contributed by atoms with van der Waals surface area (Å²) < 4.78 is 0. The summed E-state index contributed by atoms with van der Waals surface area (Å²) in [5.74, 6) is 1.11. The first-order valence-corrected chi connectivity index (χ1v) is 8.33. The number of hydrogen-bond donors (Lipinski definition) is 0. The molecule has 1 aliphatic heterocycles. The van der Waals surface area contributed by atoms with E-state index in [0.717, 1.165) is 55.5 Å². The van der Waals surface area contributed by atoms with Gasteiger partial charge in [-0.1, -0.05) is 13.8 Å². The van der Waals surface area contributed by atoms with E-state index in [2.05, 4.69) is 23.7 Å². The van der Waals surface area contributed by atoms with Crippen molar-refractivity contribution in [3.05, 3.63) is 23.9 Å². The molecule has 2 rings (SSSR count). The van der Waals surface area contributed by atoms with Crippen LogP contribution in [0.15, 0.2) is 23.4 Å². The van der Waals surface area contributed by atoms with Crippen LogP contribution in [-0.4, -0.2) is 59.2 Å². The molecule has 1 aromatic rings. The maximum absolute atomic E-state index is 12.6. The maximum atomic E-state index is 12.6. The summed E-state index contributed by atoms with van der Waals surface area (Å²) in [7, 11) is 0. The molecular formula is C15H23N3OS. The quantitative estimate of drug-likeness (QED) is 0.799. The van der Waals surface area contributed by atoms with Gasteiger partial charge >= 0.3 is 0 Å². The summed E-state index contributed by atoms with van der Waals surface area (Å²) in [6.07, 6.45) is 2.79. The Morgan fingerprint density at radius 2 is 2.15 bits per heavy atom. The average Bonchev–Trinajstić information content (AvgIpc) is 2.72. The summed E-state index contributed by atoms with van der Waals surface area (Å²) in [5, 5.41) is 0.934. The summed E-state index contributed by atoms with van der Waals surface area (Å²) in [6, 6.07) is 3.74. The topological polar surface area (TPSA) is 36.4 Å². The smallest absolute Gasteiger partial charge is 0.254 e. The number of nitrogens with zero attached hydrogens (tertiary/aromatic N) is 3. The van der Waals surface area contributed by atoms with Gasteiger partial charge in [0.05, 0.1) is 5.03 Å². The standard InChI is InChI=1S/C15H23N3OS/c1-3-17-8-5-9-18(11-10-17)15(19)13-6-7-16-14(12-13)20-4-2/h6-7,12H,3-5,8-11H2,1-2H3. The molecule has 5 heteroatoms. The first-order chi connectivity index (χ1) is 9.74. The molecule has 0 aliphatic carbocycles. The molecule has 1 saturated heterocycles. The van der Waals surface area contributed by atoms with E-state index < -0.39 is 0 Å². The van der Waals surface area contributed by atoms with Gasteiger partial charge in [-0.05, 0) is 37.4 Å². The van der Waals surface area contributed by atoms with E-state index in [-0.39, 0.29) is 5.91 Å². The molecule has 1 aromatic heterocycles. The number of likely N-dealkylation sites (N-methyl/N-ethyl adjacent to an activating group) is 1. The number of pyridine rings is 1. The van der Waals surface area contributed by atoms with Crippen molar-refractivity contribution in [3.8, 4) is 0 Å². The predicted molar refractivity (Wildman–Crippen MR) is 83.3 cm³/mol. The highest BCUT2D eigenvalue weighted by atomic mass is 32.2. The van der Waals surface area contributed by atoms with Gasteiger partial charge < -0.3 is 9.80 Å². The molecule has 0 spiro atoms. The average molecular weight is 293 g/mol. The van der Waals surface area contributed by atoms with E-state index in [4.69, 9.17) is 0 Å². The number of amides is 1. The molecule has 0 radical (unpaired) electrons. The fourth-order valence-corrected chi connectivity index (χ4v) is 3.08. The minimum atomic E-state index is 0.142. The summed E-state index contributed by atoms with van der Waals surface area (Å²) in [4.78, 5) is 21.2. The highest BCUT2D eigenvalue weighted by Crippen LogP contribution is 2.17. The second-order valence-electron chi connectivity index (χ2n) is 4.90. The lowest BCUT2D eigenvalue weighted by Crippen LogP contribution is -2.35. The van der Waals surface area contributed by atoms with Gasteiger partial charge in [0.2, 0.25) is 0 Å². The molecule has 1 amide bonds. The van der Waals surface area contributed by atoms with Crippen molar-refractivity contribution in [1.29, 1.82) is 0 Å². The first kappa shape index (κ1) is 15.3. The van der Waals surface area contributed by atoms with Crippen molar-refractivity contribution in [2.75, 3.05) is 38.5 Å². The van der Waals surface area contributed by atoms with E-state index >= 15 is 0 Å². The van der Waals surface area contributed by atoms with Gasteiger partial charge in [0.25, 0.3) is 5.91 Å². The van der Waals surface area contributed by atoms with Crippen LogP contribution in [0.4, 0.5) is 0 Å². The van der Waals surface area contributed by atoms with Crippen LogP contribution in [0.5, 0.6) is 0 Å². The number of carbonyl (C=O) groups excluding carboxylic acids is 1. The van der Waals surface area contributed by atoms with Gasteiger partial charge in [0.15, 0.2) is 0 Å². The lowest BCUT2D eigenvalue weighted by molar-refractivity contribution is 0.0761. The molecule has 0 saturated carbocycles. The monoisotopic (exact) mass is 293 g/mol. The van der Waals surface area contributed by atoms with Crippen molar-refractivity contribution < 1.29 is 4.79 Å². The van der Waals surface area contributed by atoms with Gasteiger partial charge in [-0.15, -0.1) is 11.8 Å². The van der Waals surface area contributed by atoms with E-state index in [1.165, 1.54) is 0 Å². The number of aromatic nitrogens is 1. The fraction of sp³-hybridized carbons (Fsp3) is 0.600. The Kier molecular flexibility index (Phi) is 5.86. The van der Waals surface area contributed by atoms with Crippen molar-refractivity contribution >= 4 is 17.7 Å². The lowest BCUT2D eigenvalue weighted by atomic mass is 10.2. The van der Waals surface area contributed by atoms with Gasteiger partial charge in [0, 0.05) is 31.4 Å². The maximum Gasteiger partial charge on any atom is 0.254 e. The molecule has 0 atom stereocenters. The second kappa shape index (κ2) is 7.64. The highest BCUT2D eigenvalue weighted by Gasteiger charge is 2.19. The van der Waals surface area contributed by atoms with Crippen LogP contribution in [-0.2, 0) is 0 Å². The molecule has 110 valence electrons. The molecule has 1 aliphatic rings. The second-order valence-corrected chi connectivity index (χ2v) is 6.18. The Bertz CT molecular complexity index is 452. The molecule has 0 bridgehead atoms. The molecule has 0 N–H and O–H groups in total. The van der Waals surface area contributed by atoms with E-state index in [1.807, 2.05) is 17.0 Å². The summed E-state index contributed by atoms with van der Waals surface area (Å²) >= 11 is 1.67. The molecule has 0 aromatic carbocycles. The van der Waals surface area contributed by atoms with Crippen LogP contribution in [0.3, 0.4) is 0 Å². The van der Waals surface area contributed by atoms with Crippen LogP contribution in [0, 0.1) is 0 Å². The van der Waals surface area contributed by atoms with E-state index in [9.17, 15) is 4.79 Å². The number of thioether (sulfide) groups is 1. The van der Waals surface area contributed by atoms with Crippen molar-refractivity contribution in [2.45, 2.75) is 25.3 Å². The fourth-order valence-electron chi connectivity index (χ4n) is 2.44. The zero-order valence-electron chi connectivity index (χ0n) is 12.3. The number of rotatable bonds is 4. The zero-order valence-corrected chi connectivity index (χ0v) is 13.2. The van der Waals surface area contributed by atoms with Crippen molar-refractivity contribution in [2.24, 2.45) is 0 Å². The first-order valence-electron chi connectivity index (χ1n) is 7.35. The van der Waals surface area contributed by atoms with Gasteiger partial charge in [-0.2, -0.15) is 0 Å². The third kappa shape index (κ3) is 3.96. The molecule has 4 nitrogen and oxygen atoms in total. The molecule has 2 heterocycles. The summed E-state index contributed by atoms with van der Waals surface area (Å²) in [5.41, 5.74) is 0.765. The largest absolute Gasteiger partial charge is 0.337 e. The van der Waals surface area contributed by atoms with Gasteiger partial charge in [-0.3, -0.25) is 4.79 Å². The Hall–Kier alpha value is -1.07. The third-order valence-electron chi connectivity index (χ3n) is 3.60.